The lowest BCUT2D eigenvalue weighted by Gasteiger charge is -2.30. The van der Waals surface area contributed by atoms with Crippen molar-refractivity contribution in [3.8, 4) is 0 Å². The maximum Gasteiger partial charge on any atom is 0.265 e. The first-order valence-corrected chi connectivity index (χ1v) is 7.89. The molecule has 0 aliphatic carbocycles. The molecule has 1 atom stereocenters. The summed E-state index contributed by atoms with van der Waals surface area (Å²) < 4.78 is 15.9. The second-order valence-electron chi connectivity index (χ2n) is 5.10. The number of nitrogens with zero attached hydrogens (tertiary/aromatic N) is 2. The molecule has 1 saturated heterocycles. The molecule has 21 heavy (non-hydrogen) atoms. The number of hydrogen-bond donors (Lipinski definition) is 2. The average molecular weight is 312 g/mol. The minimum Gasteiger partial charge on any atom is -0.593 e. The SMILES string of the molecule is CNC(=O)C1CCN([S+]([O-])c2cc(C(N)=O)n(C)c2)CC1. The van der Waals surface area contributed by atoms with Crippen molar-refractivity contribution in [3.63, 3.8) is 0 Å². The Morgan fingerprint density at radius 3 is 2.52 bits per heavy atom. The van der Waals surface area contributed by atoms with Gasteiger partial charge in [-0.1, -0.05) is 0 Å². The first kappa shape index (κ1) is 15.9. The fraction of sp³-hybridized carbons (Fsp3) is 0.538. The van der Waals surface area contributed by atoms with Crippen molar-refractivity contribution in [1.82, 2.24) is 14.2 Å². The number of amides is 2. The third kappa shape index (κ3) is 3.39. The van der Waals surface area contributed by atoms with Crippen molar-refractivity contribution in [2.75, 3.05) is 20.1 Å². The van der Waals surface area contributed by atoms with Crippen molar-refractivity contribution in [2.24, 2.45) is 18.7 Å². The number of rotatable bonds is 4. The topological polar surface area (TPSA) is 103 Å². The van der Waals surface area contributed by atoms with Crippen molar-refractivity contribution >= 4 is 23.2 Å². The summed E-state index contributed by atoms with van der Waals surface area (Å²) >= 11 is -1.33. The molecule has 3 N–H and O–H groups in total. The normalized spacial score (nSPS) is 18.4. The lowest BCUT2D eigenvalue weighted by Crippen LogP contribution is -2.42. The molecule has 2 heterocycles. The van der Waals surface area contributed by atoms with E-state index in [1.54, 1.807) is 30.9 Å². The Labute approximate surface area is 126 Å². The molecule has 116 valence electrons. The Morgan fingerprint density at radius 1 is 1.43 bits per heavy atom. The molecule has 1 aliphatic rings. The fourth-order valence-corrected chi connectivity index (χ4v) is 3.81. The molecule has 1 aromatic rings. The maximum absolute atomic E-state index is 12.5. The van der Waals surface area contributed by atoms with Crippen LogP contribution in [0.1, 0.15) is 23.3 Å². The van der Waals surface area contributed by atoms with E-state index in [4.69, 9.17) is 5.73 Å². The van der Waals surface area contributed by atoms with E-state index < -0.39 is 17.3 Å². The van der Waals surface area contributed by atoms with Crippen molar-refractivity contribution in [3.05, 3.63) is 18.0 Å². The molecule has 2 rings (SSSR count). The molecule has 2 amide bonds. The van der Waals surface area contributed by atoms with Crippen LogP contribution in [0, 0.1) is 5.92 Å². The highest BCUT2D eigenvalue weighted by Gasteiger charge is 2.32. The van der Waals surface area contributed by atoms with E-state index in [1.165, 1.54) is 0 Å². The summed E-state index contributed by atoms with van der Waals surface area (Å²) in [6.07, 6.45) is 3.02. The summed E-state index contributed by atoms with van der Waals surface area (Å²) in [5.41, 5.74) is 5.59. The van der Waals surface area contributed by atoms with Gasteiger partial charge in [-0.15, -0.1) is 4.31 Å². The zero-order valence-corrected chi connectivity index (χ0v) is 13.0. The van der Waals surface area contributed by atoms with Gasteiger partial charge in [0.15, 0.2) is 4.90 Å². The highest BCUT2D eigenvalue weighted by molar-refractivity contribution is 7.89. The van der Waals surface area contributed by atoms with Gasteiger partial charge in [0.1, 0.15) is 5.69 Å². The van der Waals surface area contributed by atoms with Crippen LogP contribution >= 0.6 is 0 Å². The molecule has 1 aliphatic heterocycles. The van der Waals surface area contributed by atoms with E-state index in [0.29, 0.717) is 36.5 Å². The lowest BCUT2D eigenvalue weighted by molar-refractivity contribution is -0.125. The second-order valence-corrected chi connectivity index (χ2v) is 6.59. The molecule has 0 saturated carbocycles. The van der Waals surface area contributed by atoms with E-state index >= 15 is 0 Å². The van der Waals surface area contributed by atoms with E-state index in [9.17, 15) is 14.1 Å². The Morgan fingerprint density at radius 2 is 2.05 bits per heavy atom. The molecule has 0 bridgehead atoms. The molecule has 1 fully saturated rings. The van der Waals surface area contributed by atoms with Crippen LogP contribution in [-0.4, -0.2) is 45.4 Å². The predicted molar refractivity (Wildman–Crippen MR) is 78.7 cm³/mol. The number of carbonyl (C=O) groups is 2. The Balaban J connectivity index is 2.02. The maximum atomic E-state index is 12.5. The molecule has 8 heteroatoms. The van der Waals surface area contributed by atoms with Gasteiger partial charge in [0, 0.05) is 39.2 Å². The van der Waals surface area contributed by atoms with Crippen LogP contribution in [0.15, 0.2) is 17.2 Å². The van der Waals surface area contributed by atoms with Gasteiger partial charge in [0.2, 0.25) is 5.91 Å². The Kier molecular flexibility index (Phi) is 4.92. The molecular weight excluding hydrogens is 292 g/mol. The number of aromatic nitrogens is 1. The predicted octanol–water partition coefficient (Wildman–Crippen LogP) is -0.395. The molecular formula is C13H20N4O3S. The van der Waals surface area contributed by atoms with Gasteiger partial charge in [-0.3, -0.25) is 9.59 Å². The summed E-state index contributed by atoms with van der Waals surface area (Å²) in [6, 6.07) is 1.56. The monoisotopic (exact) mass is 312 g/mol. The highest BCUT2D eigenvalue weighted by atomic mass is 32.2. The fourth-order valence-electron chi connectivity index (χ4n) is 2.51. The number of aryl methyl sites for hydroxylation is 1. The summed E-state index contributed by atoms with van der Waals surface area (Å²) in [7, 11) is 3.32. The van der Waals surface area contributed by atoms with Crippen LogP contribution in [0.4, 0.5) is 0 Å². The first-order valence-electron chi connectivity index (χ1n) is 6.78. The van der Waals surface area contributed by atoms with Crippen molar-refractivity contribution < 1.29 is 14.1 Å². The van der Waals surface area contributed by atoms with Crippen LogP contribution in [0.2, 0.25) is 0 Å². The molecule has 0 aromatic carbocycles. The Bertz CT molecular complexity index is 538. The van der Waals surface area contributed by atoms with Crippen LogP contribution in [0.5, 0.6) is 0 Å². The van der Waals surface area contributed by atoms with Crippen molar-refractivity contribution in [2.45, 2.75) is 17.7 Å². The lowest BCUT2D eigenvalue weighted by atomic mass is 9.97. The summed E-state index contributed by atoms with van der Waals surface area (Å²) in [4.78, 5) is 23.4. The number of carbonyl (C=O) groups excluding carboxylic acids is 2. The van der Waals surface area contributed by atoms with Gasteiger partial charge < -0.3 is 20.2 Å². The zero-order valence-electron chi connectivity index (χ0n) is 12.2. The largest absolute Gasteiger partial charge is 0.593 e. The number of piperidine rings is 1. The van der Waals surface area contributed by atoms with Gasteiger partial charge in [-0.25, -0.2) is 0 Å². The standard InChI is InChI=1S/C13H20N4O3S/c1-15-13(19)9-3-5-17(6-4-9)21(20)10-7-11(12(14)18)16(2)8-10/h7-9H,3-6H2,1-2H3,(H2,14,18)(H,15,19). The van der Waals surface area contributed by atoms with Crippen LogP contribution in [0.3, 0.4) is 0 Å². The molecule has 1 aromatic heterocycles. The number of nitrogens with one attached hydrogen (secondary N) is 1. The van der Waals surface area contributed by atoms with Gasteiger partial charge in [-0.05, 0) is 12.8 Å². The van der Waals surface area contributed by atoms with Gasteiger partial charge in [-0.2, -0.15) is 0 Å². The minimum atomic E-state index is -1.33. The summed E-state index contributed by atoms with van der Waals surface area (Å²) in [5, 5.41) is 2.65. The van der Waals surface area contributed by atoms with E-state index in [-0.39, 0.29) is 11.8 Å². The first-order chi connectivity index (χ1) is 9.93. The molecule has 0 spiro atoms. The molecule has 7 nitrogen and oxygen atoms in total. The molecule has 1 unspecified atom stereocenters. The van der Waals surface area contributed by atoms with E-state index in [2.05, 4.69) is 5.32 Å². The second kappa shape index (κ2) is 6.50. The average Bonchev–Trinajstić information content (AvgIpc) is 2.88. The summed E-state index contributed by atoms with van der Waals surface area (Å²) in [5.74, 6) is -0.518. The third-order valence-electron chi connectivity index (χ3n) is 3.74. The number of primary amides is 1. The number of nitrogens with two attached hydrogens (primary N) is 1. The smallest absolute Gasteiger partial charge is 0.265 e. The molecule has 0 radical (unpaired) electrons. The van der Waals surface area contributed by atoms with Crippen LogP contribution in [0.25, 0.3) is 0 Å². The van der Waals surface area contributed by atoms with Gasteiger partial charge in [0.05, 0.1) is 17.6 Å². The van der Waals surface area contributed by atoms with Crippen LogP contribution in [-0.2, 0) is 23.2 Å². The van der Waals surface area contributed by atoms with E-state index in [1.807, 2.05) is 4.31 Å². The van der Waals surface area contributed by atoms with E-state index in [0.717, 1.165) is 0 Å². The van der Waals surface area contributed by atoms with Gasteiger partial charge >= 0.3 is 0 Å². The van der Waals surface area contributed by atoms with Crippen LogP contribution < -0.4 is 11.1 Å². The highest BCUT2D eigenvalue weighted by Crippen LogP contribution is 2.24. The van der Waals surface area contributed by atoms with Crippen molar-refractivity contribution in [1.29, 1.82) is 0 Å². The minimum absolute atomic E-state index is 0.0137. The van der Waals surface area contributed by atoms with Gasteiger partial charge in [0.25, 0.3) is 5.91 Å². The zero-order chi connectivity index (χ0) is 15.6. The quantitative estimate of drug-likeness (QED) is 0.739. The number of hydrogen-bond acceptors (Lipinski definition) is 4. The Hall–Kier alpha value is -1.51. The summed E-state index contributed by atoms with van der Waals surface area (Å²) in [6.45, 7) is 1.18. The third-order valence-corrected chi connectivity index (χ3v) is 5.20.